The van der Waals surface area contributed by atoms with E-state index >= 15 is 0 Å². The van der Waals surface area contributed by atoms with E-state index in [4.69, 9.17) is 0 Å². The number of H-pyrrole nitrogens is 1. The molecule has 36 heavy (non-hydrogen) atoms. The lowest BCUT2D eigenvalue weighted by Gasteiger charge is -2.30. The van der Waals surface area contributed by atoms with Crippen molar-refractivity contribution >= 4 is 22.6 Å². The second kappa shape index (κ2) is 9.39. The maximum absolute atomic E-state index is 13.3. The number of carbonyl (C=O) groups is 1. The van der Waals surface area contributed by atoms with Crippen LogP contribution in [0.2, 0.25) is 0 Å². The van der Waals surface area contributed by atoms with Crippen LogP contribution in [0.4, 0.5) is 5.69 Å². The Morgan fingerprint density at radius 3 is 2.67 bits per heavy atom. The zero-order valence-corrected chi connectivity index (χ0v) is 21.3. The average Bonchev–Trinajstić information content (AvgIpc) is 3.42. The minimum Gasteiger partial charge on any atom is -0.389 e. The van der Waals surface area contributed by atoms with E-state index in [1.54, 1.807) is 43.1 Å². The van der Waals surface area contributed by atoms with Crippen molar-refractivity contribution in [3.8, 4) is 11.3 Å². The number of hydrogen-bond acceptors (Lipinski definition) is 5. The van der Waals surface area contributed by atoms with E-state index in [2.05, 4.69) is 44.0 Å². The van der Waals surface area contributed by atoms with Crippen LogP contribution in [0.3, 0.4) is 0 Å². The smallest absolute Gasteiger partial charge is 0.280 e. The molecule has 0 atom stereocenters. The van der Waals surface area contributed by atoms with Gasteiger partial charge in [-0.3, -0.25) is 14.5 Å². The van der Waals surface area contributed by atoms with E-state index in [1.165, 1.54) is 30.5 Å². The molecule has 0 bridgehead atoms. The lowest BCUT2D eigenvalue weighted by Crippen LogP contribution is -2.32. The molecule has 2 N–H and O–H groups in total. The summed E-state index contributed by atoms with van der Waals surface area (Å²) in [5, 5.41) is 14.8. The highest BCUT2D eigenvalue weighted by Gasteiger charge is 2.20. The highest BCUT2D eigenvalue weighted by atomic mass is 16.3. The SMILES string of the molecule is Cc1cc2c(cc1N1CCCCC1)[nH]/c(=N\C(=O)c1ccnc(-c3cnn(C)c3)c1)n2CC(C)(C)O. The molecule has 1 amide bonds. The Kier molecular flexibility index (Phi) is 6.26. The summed E-state index contributed by atoms with van der Waals surface area (Å²) in [6, 6.07) is 7.66. The maximum Gasteiger partial charge on any atom is 0.280 e. The third-order valence-electron chi connectivity index (χ3n) is 6.56. The Balaban J connectivity index is 1.58. The van der Waals surface area contributed by atoms with Gasteiger partial charge in [0.2, 0.25) is 5.62 Å². The molecule has 9 heteroatoms. The molecule has 4 aromatic rings. The third kappa shape index (κ3) is 4.97. The van der Waals surface area contributed by atoms with Gasteiger partial charge in [-0.2, -0.15) is 10.1 Å². The number of imidazole rings is 1. The van der Waals surface area contributed by atoms with Gasteiger partial charge in [-0.25, -0.2) is 0 Å². The van der Waals surface area contributed by atoms with Crippen molar-refractivity contribution in [1.29, 1.82) is 0 Å². The molecule has 1 aliphatic rings. The maximum atomic E-state index is 13.3. The fourth-order valence-electron chi connectivity index (χ4n) is 4.85. The zero-order chi connectivity index (χ0) is 25.4. The molecule has 0 spiro atoms. The number of aliphatic hydroxyl groups is 1. The van der Waals surface area contributed by atoms with Gasteiger partial charge < -0.3 is 19.6 Å². The molecule has 0 unspecified atom stereocenters. The number of nitrogens with one attached hydrogen (secondary N) is 1. The Hall–Kier alpha value is -3.72. The summed E-state index contributed by atoms with van der Waals surface area (Å²) >= 11 is 0. The number of pyridine rings is 1. The van der Waals surface area contributed by atoms with Gasteiger partial charge in [-0.1, -0.05) is 0 Å². The number of hydrogen-bond donors (Lipinski definition) is 2. The number of aryl methyl sites for hydroxylation is 2. The summed E-state index contributed by atoms with van der Waals surface area (Å²) in [5.41, 5.74) is 5.51. The van der Waals surface area contributed by atoms with Crippen molar-refractivity contribution in [2.24, 2.45) is 12.0 Å². The molecule has 3 aromatic heterocycles. The topological polar surface area (TPSA) is 104 Å². The number of amides is 1. The third-order valence-corrected chi connectivity index (χ3v) is 6.56. The number of benzene rings is 1. The van der Waals surface area contributed by atoms with Crippen LogP contribution in [0.1, 0.15) is 49.0 Å². The molecule has 188 valence electrons. The predicted molar refractivity (Wildman–Crippen MR) is 140 cm³/mol. The van der Waals surface area contributed by atoms with Crippen LogP contribution in [0.25, 0.3) is 22.3 Å². The highest BCUT2D eigenvalue weighted by Crippen LogP contribution is 2.28. The summed E-state index contributed by atoms with van der Waals surface area (Å²) < 4.78 is 3.59. The number of anilines is 1. The fraction of sp³-hybridized carbons (Fsp3) is 0.407. The van der Waals surface area contributed by atoms with Crippen LogP contribution >= 0.6 is 0 Å². The predicted octanol–water partition coefficient (Wildman–Crippen LogP) is 3.58. The van der Waals surface area contributed by atoms with E-state index in [1.807, 2.05) is 17.8 Å². The van der Waals surface area contributed by atoms with E-state index < -0.39 is 5.60 Å². The van der Waals surface area contributed by atoms with Crippen LogP contribution in [-0.2, 0) is 13.6 Å². The van der Waals surface area contributed by atoms with Crippen molar-refractivity contribution in [2.75, 3.05) is 18.0 Å². The first-order valence-electron chi connectivity index (χ1n) is 12.4. The first kappa shape index (κ1) is 24.0. The summed E-state index contributed by atoms with van der Waals surface area (Å²) in [4.78, 5) is 27.9. The molecule has 1 aromatic carbocycles. The van der Waals surface area contributed by atoms with Gasteiger partial charge in [0.1, 0.15) is 0 Å². The molecular weight excluding hydrogens is 454 g/mol. The van der Waals surface area contributed by atoms with Gasteiger partial charge in [0.15, 0.2) is 0 Å². The first-order valence-corrected chi connectivity index (χ1v) is 12.4. The quantitative estimate of drug-likeness (QED) is 0.448. The number of nitrogens with zero attached hydrogens (tertiary/aromatic N) is 6. The van der Waals surface area contributed by atoms with Crippen LogP contribution in [0.15, 0.2) is 47.8 Å². The summed E-state index contributed by atoms with van der Waals surface area (Å²) in [7, 11) is 1.84. The van der Waals surface area contributed by atoms with Crippen molar-refractivity contribution < 1.29 is 9.90 Å². The molecule has 5 rings (SSSR count). The number of rotatable bonds is 5. The number of carbonyl (C=O) groups excluding carboxylic acids is 1. The Bertz CT molecular complexity index is 1480. The molecule has 0 aliphatic carbocycles. The number of aromatic nitrogens is 5. The van der Waals surface area contributed by atoms with Gasteiger partial charge >= 0.3 is 0 Å². The lowest BCUT2D eigenvalue weighted by molar-refractivity contribution is 0.0612. The Morgan fingerprint density at radius 1 is 1.19 bits per heavy atom. The zero-order valence-electron chi connectivity index (χ0n) is 21.3. The van der Waals surface area contributed by atoms with E-state index in [0.29, 0.717) is 23.4 Å². The number of piperidine rings is 1. The van der Waals surface area contributed by atoms with Gasteiger partial charge in [-0.15, -0.1) is 0 Å². The van der Waals surface area contributed by atoms with Gasteiger partial charge in [0.05, 0.1) is 35.1 Å². The van der Waals surface area contributed by atoms with E-state index in [-0.39, 0.29) is 5.91 Å². The van der Waals surface area contributed by atoms with E-state index in [9.17, 15) is 9.90 Å². The molecule has 1 fully saturated rings. The Morgan fingerprint density at radius 2 is 1.97 bits per heavy atom. The van der Waals surface area contributed by atoms with Gasteiger partial charge in [-0.05, 0) is 69.9 Å². The minimum atomic E-state index is -0.989. The first-order chi connectivity index (χ1) is 17.2. The molecular formula is C27H33N7O2. The van der Waals surface area contributed by atoms with Gasteiger partial charge in [0, 0.05) is 49.3 Å². The minimum absolute atomic E-state index is 0.291. The van der Waals surface area contributed by atoms with Crippen molar-refractivity contribution in [3.63, 3.8) is 0 Å². The van der Waals surface area contributed by atoms with E-state index in [0.717, 1.165) is 29.7 Å². The van der Waals surface area contributed by atoms with Crippen molar-refractivity contribution in [2.45, 2.75) is 52.2 Å². The van der Waals surface area contributed by atoms with Crippen LogP contribution in [0, 0.1) is 6.92 Å². The molecule has 0 saturated carbocycles. The summed E-state index contributed by atoms with van der Waals surface area (Å²) in [5.74, 6) is -0.383. The van der Waals surface area contributed by atoms with Gasteiger partial charge in [0.25, 0.3) is 5.91 Å². The standard InChI is InChI=1S/C27H33N7O2/c1-18-12-24-22(14-23(18)33-10-6-5-7-11-33)30-26(34(24)17-27(2,3)36)31-25(35)19-8-9-28-21(13-19)20-15-29-32(4)16-20/h8-9,12-16,36H,5-7,10-11,17H2,1-4H3,(H,30,31,35). The summed E-state index contributed by atoms with van der Waals surface area (Å²) in [6.07, 6.45) is 8.84. The molecule has 1 saturated heterocycles. The molecule has 0 radical (unpaired) electrons. The monoisotopic (exact) mass is 487 g/mol. The van der Waals surface area contributed by atoms with Crippen molar-refractivity contribution in [3.05, 3.63) is 59.6 Å². The largest absolute Gasteiger partial charge is 0.389 e. The molecule has 1 aliphatic heterocycles. The van der Waals surface area contributed by atoms with Crippen LogP contribution in [-0.4, -0.2) is 54.0 Å². The second-order valence-corrected chi connectivity index (χ2v) is 10.3. The number of aromatic amines is 1. The normalized spacial score (nSPS) is 15.1. The molecule has 4 heterocycles. The lowest BCUT2D eigenvalue weighted by atomic mass is 10.1. The second-order valence-electron chi connectivity index (χ2n) is 10.3. The van der Waals surface area contributed by atoms with Crippen LogP contribution < -0.4 is 10.5 Å². The average molecular weight is 488 g/mol. The van der Waals surface area contributed by atoms with Crippen molar-refractivity contribution in [1.82, 2.24) is 24.3 Å². The number of fused-ring (bicyclic) bond motifs is 1. The molecule has 9 nitrogen and oxygen atoms in total. The highest BCUT2D eigenvalue weighted by molar-refractivity contribution is 5.95. The summed E-state index contributed by atoms with van der Waals surface area (Å²) in [6.45, 7) is 8.01. The Labute approximate surface area is 210 Å². The fourth-order valence-corrected chi connectivity index (χ4v) is 4.85. The van der Waals surface area contributed by atoms with Crippen LogP contribution in [0.5, 0.6) is 0 Å².